The van der Waals surface area contributed by atoms with E-state index in [2.05, 4.69) is 33.3 Å². The van der Waals surface area contributed by atoms with Gasteiger partial charge in [0.05, 0.1) is 0 Å². The molecule has 23 heavy (non-hydrogen) atoms. The number of hydrogen-bond donors (Lipinski definition) is 2. The molecule has 0 aromatic rings. The Labute approximate surface area is 173 Å². The summed E-state index contributed by atoms with van der Waals surface area (Å²) in [5.74, 6) is 0. The first-order valence-electron chi connectivity index (χ1n) is 8.50. The Bertz CT molecular complexity index is 248. The molecule has 0 saturated heterocycles. The molecule has 0 aromatic heterocycles. The molecular formula is C19H41N2W2-. The minimum absolute atomic E-state index is 0. The van der Waals surface area contributed by atoms with Crippen LogP contribution in [0.3, 0.4) is 0 Å². The molecule has 0 unspecified atom stereocenters. The van der Waals surface area contributed by atoms with E-state index in [-0.39, 0.29) is 21.1 Å². The van der Waals surface area contributed by atoms with Crippen LogP contribution in [0, 0.1) is 6.58 Å². The van der Waals surface area contributed by atoms with Gasteiger partial charge in [-0.3, -0.25) is 0 Å². The maximum Gasteiger partial charge on any atom is 0 e. The fourth-order valence-electron chi connectivity index (χ4n) is 0.824. The van der Waals surface area contributed by atoms with E-state index in [9.17, 15) is 0 Å². The molecule has 0 aliphatic heterocycles. The largest absolute Gasteiger partial charge is 0 e. The van der Waals surface area contributed by atoms with Gasteiger partial charge in [-0.05, 0) is 6.08 Å². The molecule has 1 rings (SSSR count). The van der Waals surface area contributed by atoms with Crippen LogP contribution >= 0.6 is 0 Å². The summed E-state index contributed by atoms with van der Waals surface area (Å²) in [6, 6.07) is 0. The average Bonchev–Trinajstić information content (AvgIpc) is 3.16. The molecule has 0 amide bonds. The van der Waals surface area contributed by atoms with Gasteiger partial charge in [0, 0.05) is 40.2 Å². The van der Waals surface area contributed by atoms with Crippen molar-refractivity contribution in [3.8, 4) is 0 Å². The Balaban J connectivity index is -0.0000000426. The summed E-state index contributed by atoms with van der Waals surface area (Å²) in [5.41, 5.74) is 2.15. The van der Waals surface area contributed by atoms with Crippen molar-refractivity contribution in [1.82, 2.24) is 10.6 Å². The minimum atomic E-state index is 0. The molecule has 4 heteroatoms. The molecule has 0 aromatic carbocycles. The summed E-state index contributed by atoms with van der Waals surface area (Å²) in [6.07, 6.45) is 8.25. The van der Waals surface area contributed by atoms with Gasteiger partial charge in [-0.2, -0.15) is 0 Å². The molecular weight excluding hydrogens is 624 g/mol. The second-order valence-corrected chi connectivity index (χ2v) is 3.92. The fraction of sp³-hybridized carbons (Fsp3) is 0.632. The number of allylic oxidation sites excluding steroid dienone is 4. The Morgan fingerprint density at radius 1 is 1.09 bits per heavy atom. The summed E-state index contributed by atoms with van der Waals surface area (Å²) in [5, 5.41) is 5.90. The van der Waals surface area contributed by atoms with Gasteiger partial charge >= 0.3 is 54.8 Å². The zero-order valence-electron chi connectivity index (χ0n) is 17.1. The van der Waals surface area contributed by atoms with Crippen molar-refractivity contribution in [2.75, 3.05) is 14.1 Å². The topological polar surface area (TPSA) is 24.1 Å². The second kappa shape index (κ2) is 49.5. The third-order valence-electron chi connectivity index (χ3n) is 1.72. The van der Waals surface area contributed by atoms with Gasteiger partial charge in [-0.25, -0.2) is 0 Å². The minimum Gasteiger partial charge on any atom is 0 e. The van der Waals surface area contributed by atoms with Crippen LogP contribution in [0.1, 0.15) is 68.2 Å². The summed E-state index contributed by atoms with van der Waals surface area (Å²) in [7, 11) is 3.77. The Kier molecular flexibility index (Phi) is 83.0. The molecule has 0 saturated carbocycles. The van der Waals surface area contributed by atoms with Gasteiger partial charge < -0.3 is 5.32 Å². The maximum absolute atomic E-state index is 5.37. The fourth-order valence-corrected chi connectivity index (χ4v) is 1.47. The third-order valence-corrected chi connectivity index (χ3v) is 2.32. The van der Waals surface area contributed by atoms with Crippen LogP contribution in [0.4, 0.5) is 0 Å². The molecule has 0 bridgehead atoms. The Hall–Kier alpha value is 0.0666. The zero-order valence-corrected chi connectivity index (χ0v) is 23.0. The van der Waals surface area contributed by atoms with Gasteiger partial charge in [-0.15, -0.1) is 0 Å². The number of rotatable bonds is 4. The van der Waals surface area contributed by atoms with Gasteiger partial charge in [0.25, 0.3) is 0 Å². The predicted molar refractivity (Wildman–Crippen MR) is 104 cm³/mol. The van der Waals surface area contributed by atoms with E-state index in [1.165, 1.54) is 25.1 Å². The molecule has 2 nitrogen and oxygen atoms in total. The molecule has 2 N–H and O–H groups in total. The number of nitrogens with one attached hydrogen (secondary N) is 2. The van der Waals surface area contributed by atoms with Crippen LogP contribution < -0.4 is 10.6 Å². The van der Waals surface area contributed by atoms with Gasteiger partial charge in [-0.1, -0.05) is 67.5 Å². The summed E-state index contributed by atoms with van der Waals surface area (Å²) in [6.45, 7) is 21.4. The van der Waals surface area contributed by atoms with Crippen LogP contribution in [-0.2, 0) is 40.4 Å². The molecule has 140 valence electrons. The van der Waals surface area contributed by atoms with Crippen molar-refractivity contribution in [2.45, 2.75) is 68.2 Å². The van der Waals surface area contributed by atoms with E-state index in [0.717, 1.165) is 18.5 Å². The van der Waals surface area contributed by atoms with Crippen molar-refractivity contribution in [3.63, 3.8) is 0 Å². The molecule has 0 heterocycles. The monoisotopic (exact) mass is 665 g/mol. The van der Waals surface area contributed by atoms with Crippen LogP contribution in [0.2, 0.25) is 0 Å². The standard InChI is InChI=1S/C6H9N.C5H8N.4C2H6.2W/c1-7-6-4-2-3-5-6;1-4-5(2)6-3;4*1-2;;/h2-4,7H,5H2,1H3;1-2,6H,4H2,3H3;4*1-2H3;;/q;-1;;;;;;. The van der Waals surface area contributed by atoms with Crippen molar-refractivity contribution < 1.29 is 40.4 Å². The van der Waals surface area contributed by atoms with Gasteiger partial charge in [0.15, 0.2) is 0 Å². The normalized spacial score (nSPS) is 8.52. The first-order chi connectivity index (χ1) is 10.7. The van der Waals surface area contributed by atoms with E-state index in [4.69, 9.17) is 6.58 Å². The van der Waals surface area contributed by atoms with E-state index in [0.29, 0.717) is 0 Å². The second-order valence-electron chi connectivity index (χ2n) is 2.72. The van der Waals surface area contributed by atoms with Crippen molar-refractivity contribution in [3.05, 3.63) is 36.2 Å². The molecule has 0 atom stereocenters. The van der Waals surface area contributed by atoms with Crippen molar-refractivity contribution >= 4 is 4.40 Å². The third kappa shape index (κ3) is 44.9. The van der Waals surface area contributed by atoms with Gasteiger partial charge in [0.2, 0.25) is 0 Å². The van der Waals surface area contributed by atoms with Crippen LogP contribution in [0.25, 0.3) is 0 Å². The van der Waals surface area contributed by atoms with Gasteiger partial charge in [0.1, 0.15) is 0 Å². The zero-order chi connectivity index (χ0) is 18.8. The van der Waals surface area contributed by atoms with Crippen LogP contribution in [0.15, 0.2) is 29.6 Å². The molecule has 1 aliphatic rings. The van der Waals surface area contributed by atoms with E-state index in [1.54, 1.807) is 0 Å². The molecule has 0 radical (unpaired) electrons. The van der Waals surface area contributed by atoms with Crippen molar-refractivity contribution in [1.29, 1.82) is 0 Å². The van der Waals surface area contributed by atoms with Crippen LogP contribution in [-0.4, -0.2) is 18.5 Å². The van der Waals surface area contributed by atoms with Crippen molar-refractivity contribution in [2.24, 2.45) is 0 Å². The SMILES string of the molecule is CC.CC.CC.CC.CNC1=CC=CC1.[CH-]=C(C[CH]=[W])NC.[W]. The Morgan fingerprint density at radius 3 is 1.65 bits per heavy atom. The number of hydrogen-bond acceptors (Lipinski definition) is 2. The smallest absolute Gasteiger partial charge is 0 e. The first kappa shape index (κ1) is 38.6. The Morgan fingerprint density at radius 2 is 1.52 bits per heavy atom. The summed E-state index contributed by atoms with van der Waals surface area (Å²) < 4.78 is 2.09. The van der Waals surface area contributed by atoms with E-state index >= 15 is 0 Å². The maximum atomic E-state index is 5.37. The van der Waals surface area contributed by atoms with E-state index < -0.39 is 0 Å². The predicted octanol–water partition coefficient (Wildman–Crippen LogP) is 5.41. The average molecular weight is 665 g/mol. The summed E-state index contributed by atoms with van der Waals surface area (Å²) in [4.78, 5) is 0. The summed E-state index contributed by atoms with van der Waals surface area (Å²) >= 11 is 1.47. The molecule has 0 fully saturated rings. The van der Waals surface area contributed by atoms with Crippen LogP contribution in [0.5, 0.6) is 0 Å². The molecule has 1 aliphatic carbocycles. The quantitative estimate of drug-likeness (QED) is 0.393. The van der Waals surface area contributed by atoms with E-state index in [1.807, 2.05) is 69.5 Å². The molecule has 0 spiro atoms. The first-order valence-corrected chi connectivity index (χ1v) is 10.2.